The van der Waals surface area contributed by atoms with E-state index >= 15 is 0 Å². The second-order valence-electron chi connectivity index (χ2n) is 5.30. The molecule has 2 saturated heterocycles. The van der Waals surface area contributed by atoms with Crippen molar-refractivity contribution in [2.75, 3.05) is 0 Å². The number of carbonyl (C=O) groups is 1. The van der Waals surface area contributed by atoms with Gasteiger partial charge >= 0.3 is 0 Å². The van der Waals surface area contributed by atoms with E-state index in [1.54, 1.807) is 12.1 Å². The summed E-state index contributed by atoms with van der Waals surface area (Å²) in [4.78, 5) is 12.1. The topological polar surface area (TPSA) is 29.1 Å². The highest BCUT2D eigenvalue weighted by molar-refractivity contribution is 5.85. The van der Waals surface area contributed by atoms with Crippen LogP contribution >= 0.6 is 0 Å². The predicted octanol–water partition coefficient (Wildman–Crippen LogP) is 2.43. The zero-order valence-electron chi connectivity index (χ0n) is 9.71. The van der Waals surface area contributed by atoms with Crippen LogP contribution in [0.15, 0.2) is 24.3 Å². The molecule has 17 heavy (non-hydrogen) atoms. The van der Waals surface area contributed by atoms with E-state index in [0.717, 1.165) is 25.7 Å². The quantitative estimate of drug-likeness (QED) is 0.835. The van der Waals surface area contributed by atoms with E-state index in [4.69, 9.17) is 0 Å². The van der Waals surface area contributed by atoms with Crippen LogP contribution in [0.25, 0.3) is 0 Å². The number of nitrogens with one attached hydrogen (secondary N) is 1. The van der Waals surface area contributed by atoms with Gasteiger partial charge in [-0.25, -0.2) is 4.39 Å². The summed E-state index contributed by atoms with van der Waals surface area (Å²) >= 11 is 0. The molecule has 3 fully saturated rings. The van der Waals surface area contributed by atoms with Gasteiger partial charge in [-0.3, -0.25) is 4.79 Å². The van der Waals surface area contributed by atoms with E-state index in [1.165, 1.54) is 6.07 Å². The van der Waals surface area contributed by atoms with Crippen LogP contribution in [0.4, 0.5) is 4.39 Å². The van der Waals surface area contributed by atoms with Gasteiger partial charge in [0.1, 0.15) is 5.82 Å². The van der Waals surface area contributed by atoms with E-state index < -0.39 is 0 Å². The average molecular weight is 233 g/mol. The monoisotopic (exact) mass is 233 g/mol. The number of hydrogen-bond acceptors (Lipinski definition) is 1. The molecule has 0 radical (unpaired) electrons. The lowest BCUT2D eigenvalue weighted by Crippen LogP contribution is -2.56. The van der Waals surface area contributed by atoms with E-state index in [0.29, 0.717) is 18.0 Å². The molecule has 2 nitrogen and oxygen atoms in total. The molecule has 2 aliphatic heterocycles. The number of piperidine rings is 2. The fraction of sp³-hybridized carbons (Fsp3) is 0.500. The van der Waals surface area contributed by atoms with Gasteiger partial charge in [0.2, 0.25) is 5.91 Å². The number of carbonyl (C=O) groups excluding carboxylic acids is 1. The summed E-state index contributed by atoms with van der Waals surface area (Å²) in [6.07, 6.45) is 4.42. The molecule has 3 heteroatoms. The van der Waals surface area contributed by atoms with Crippen LogP contribution in [0, 0.1) is 11.2 Å². The largest absolute Gasteiger partial charge is 0.353 e. The minimum atomic E-state index is -0.350. The fourth-order valence-corrected chi connectivity index (χ4v) is 3.14. The van der Waals surface area contributed by atoms with Gasteiger partial charge in [0, 0.05) is 6.04 Å². The van der Waals surface area contributed by atoms with Crippen LogP contribution in [0.3, 0.4) is 0 Å². The van der Waals surface area contributed by atoms with Crippen LogP contribution in [0.2, 0.25) is 0 Å². The second-order valence-corrected chi connectivity index (χ2v) is 5.30. The van der Waals surface area contributed by atoms with Crippen molar-refractivity contribution in [2.45, 2.75) is 38.1 Å². The summed E-state index contributed by atoms with van der Waals surface area (Å²) in [7, 11) is 0. The normalized spacial score (nSPS) is 31.4. The zero-order chi connectivity index (χ0) is 11.9. The Kier molecular flexibility index (Phi) is 2.42. The first-order chi connectivity index (χ1) is 8.20. The lowest BCUT2D eigenvalue weighted by Gasteiger charge is -2.45. The predicted molar refractivity (Wildman–Crippen MR) is 62.9 cm³/mol. The first-order valence-electron chi connectivity index (χ1n) is 6.24. The smallest absolute Gasteiger partial charge is 0.226 e. The molecule has 1 N–H and O–H groups in total. The Morgan fingerprint density at radius 3 is 2.65 bits per heavy atom. The van der Waals surface area contributed by atoms with Crippen molar-refractivity contribution in [1.82, 2.24) is 5.32 Å². The number of benzene rings is 1. The first-order valence-corrected chi connectivity index (χ1v) is 6.24. The molecule has 2 bridgehead atoms. The molecule has 1 saturated carbocycles. The summed E-state index contributed by atoms with van der Waals surface area (Å²) in [5.74, 6) is -0.0642. The van der Waals surface area contributed by atoms with Crippen LogP contribution in [0.1, 0.15) is 31.2 Å². The number of rotatable bonds is 2. The Labute approximate surface area is 100 Å². The van der Waals surface area contributed by atoms with Crippen molar-refractivity contribution in [3.05, 3.63) is 35.6 Å². The molecule has 0 atom stereocenters. The minimum Gasteiger partial charge on any atom is -0.353 e. The highest BCUT2D eigenvalue weighted by Gasteiger charge is 2.47. The molecule has 2 heterocycles. The maximum atomic E-state index is 13.7. The molecule has 0 spiro atoms. The number of hydrogen-bond donors (Lipinski definition) is 1. The third-order valence-corrected chi connectivity index (χ3v) is 4.25. The third kappa shape index (κ3) is 1.74. The number of fused-ring (bicyclic) bond motifs is 3. The summed E-state index contributed by atoms with van der Waals surface area (Å²) in [6.45, 7) is 0. The first kappa shape index (κ1) is 10.8. The minimum absolute atomic E-state index is 0.128. The van der Waals surface area contributed by atoms with Gasteiger partial charge in [-0.2, -0.15) is 0 Å². The third-order valence-electron chi connectivity index (χ3n) is 4.25. The molecule has 90 valence electrons. The molecule has 1 aliphatic carbocycles. The van der Waals surface area contributed by atoms with Crippen molar-refractivity contribution in [3.8, 4) is 0 Å². The van der Waals surface area contributed by atoms with Crippen LogP contribution in [0.5, 0.6) is 0 Å². The molecule has 3 aliphatic rings. The Morgan fingerprint density at radius 2 is 2.00 bits per heavy atom. The van der Waals surface area contributed by atoms with E-state index in [2.05, 4.69) is 5.32 Å². The summed E-state index contributed by atoms with van der Waals surface area (Å²) in [5.41, 5.74) is 0.319. The molecule has 0 unspecified atom stereocenters. The maximum Gasteiger partial charge on any atom is 0.226 e. The van der Waals surface area contributed by atoms with Crippen molar-refractivity contribution in [3.63, 3.8) is 0 Å². The van der Waals surface area contributed by atoms with Crippen molar-refractivity contribution < 1.29 is 9.18 Å². The van der Waals surface area contributed by atoms with Gasteiger partial charge in [0.05, 0.1) is 5.41 Å². The maximum absolute atomic E-state index is 13.7. The van der Waals surface area contributed by atoms with Crippen molar-refractivity contribution in [1.29, 1.82) is 0 Å². The van der Waals surface area contributed by atoms with E-state index in [-0.39, 0.29) is 17.1 Å². The van der Waals surface area contributed by atoms with Gasteiger partial charge < -0.3 is 5.32 Å². The molecular formula is C14H16FNO. The zero-order valence-corrected chi connectivity index (χ0v) is 9.71. The van der Waals surface area contributed by atoms with Gasteiger partial charge in [0.15, 0.2) is 0 Å². The second kappa shape index (κ2) is 3.83. The average Bonchev–Trinajstić information content (AvgIpc) is 2.34. The number of amides is 1. The van der Waals surface area contributed by atoms with E-state index in [9.17, 15) is 9.18 Å². The lowest BCUT2D eigenvalue weighted by atomic mass is 9.65. The summed E-state index contributed by atoms with van der Waals surface area (Å²) in [6, 6.07) is 7.15. The Bertz CT molecular complexity index is 449. The van der Waals surface area contributed by atoms with Gasteiger partial charge in [-0.1, -0.05) is 18.2 Å². The summed E-state index contributed by atoms with van der Waals surface area (Å²) in [5, 5.41) is 3.03. The molecule has 0 aromatic heterocycles. The van der Waals surface area contributed by atoms with Crippen molar-refractivity contribution in [2.24, 2.45) is 5.41 Å². The van der Waals surface area contributed by atoms with Gasteiger partial charge in [0.25, 0.3) is 0 Å². The molecule has 1 aromatic rings. The molecule has 1 aromatic carbocycles. The Morgan fingerprint density at radius 1 is 1.29 bits per heavy atom. The lowest BCUT2D eigenvalue weighted by molar-refractivity contribution is -0.139. The molecule has 1 amide bonds. The van der Waals surface area contributed by atoms with Crippen LogP contribution < -0.4 is 5.32 Å². The van der Waals surface area contributed by atoms with Gasteiger partial charge in [-0.05, 0) is 43.7 Å². The Balaban J connectivity index is 1.89. The fourth-order valence-electron chi connectivity index (χ4n) is 3.14. The molecule has 4 rings (SSSR count). The highest BCUT2D eigenvalue weighted by atomic mass is 19.1. The van der Waals surface area contributed by atoms with E-state index in [1.807, 2.05) is 6.07 Å². The number of halogens is 1. The van der Waals surface area contributed by atoms with Crippen LogP contribution in [-0.4, -0.2) is 11.9 Å². The molecular weight excluding hydrogens is 217 g/mol. The highest BCUT2D eigenvalue weighted by Crippen LogP contribution is 2.43. The van der Waals surface area contributed by atoms with Gasteiger partial charge in [-0.15, -0.1) is 0 Å². The SMILES string of the molecule is O=C1NC2CCC1(Cc1ccccc1F)CC2. The van der Waals surface area contributed by atoms with Crippen LogP contribution in [-0.2, 0) is 11.2 Å². The summed E-state index contributed by atoms with van der Waals surface area (Å²) < 4.78 is 13.7. The Hall–Kier alpha value is -1.38. The standard InChI is InChI=1S/C14H16FNO/c15-12-4-2-1-3-10(12)9-14-7-5-11(6-8-14)16-13(14)17/h1-4,11H,5-9H2,(H,16,17). The van der Waals surface area contributed by atoms with Crippen molar-refractivity contribution >= 4 is 5.91 Å².